The SMILES string of the molecule is CC[C@@]1(O)C(=O)CCc2c1cc1n(c2=O)Cc2c-1nc1ccc(OC(=O)N3CCN(c4ncc(C(=O)NO)cn4)CC3)c(CN(C)C)c1c2/C=N\OC(C)(C)C. The molecule has 7 rings (SSSR count). The summed E-state index contributed by atoms with van der Waals surface area (Å²) in [6.07, 6.45) is 4.19. The van der Waals surface area contributed by atoms with Gasteiger partial charge in [0.05, 0.1) is 35.2 Å². The van der Waals surface area contributed by atoms with Crippen LogP contribution < -0.4 is 20.7 Å². The van der Waals surface area contributed by atoms with Gasteiger partial charge in [0.25, 0.3) is 11.5 Å². The molecule has 1 aromatic carbocycles. The van der Waals surface area contributed by atoms with Gasteiger partial charge in [0.15, 0.2) is 5.78 Å². The van der Waals surface area contributed by atoms with Crippen LogP contribution in [-0.2, 0) is 34.7 Å². The second-order valence-electron chi connectivity index (χ2n) is 15.5. The zero-order valence-electron chi connectivity index (χ0n) is 32.2. The number of hydrogen-bond donors (Lipinski definition) is 3. The fraction of sp³-hybridized carbons (Fsp3) is 0.436. The molecule has 3 N–H and O–H groups in total. The van der Waals surface area contributed by atoms with Crippen LogP contribution in [0.25, 0.3) is 22.3 Å². The lowest BCUT2D eigenvalue weighted by Gasteiger charge is -2.34. The largest absolute Gasteiger partial charge is 0.415 e. The van der Waals surface area contributed by atoms with Gasteiger partial charge in [-0.2, -0.15) is 0 Å². The van der Waals surface area contributed by atoms with Crippen molar-refractivity contribution in [3.05, 3.63) is 74.3 Å². The first-order chi connectivity index (χ1) is 26.6. The highest BCUT2D eigenvalue weighted by Crippen LogP contribution is 2.42. The fourth-order valence-corrected chi connectivity index (χ4v) is 7.51. The predicted octanol–water partition coefficient (Wildman–Crippen LogP) is 2.98. The second-order valence-corrected chi connectivity index (χ2v) is 15.5. The third-order valence-electron chi connectivity index (χ3n) is 10.3. The minimum Gasteiger partial charge on any atom is -0.410 e. The van der Waals surface area contributed by atoms with Crippen molar-refractivity contribution >= 4 is 40.8 Å². The number of carbonyl (C=O) groups excluding carboxylic acids is 3. The van der Waals surface area contributed by atoms with Crippen LogP contribution in [0.3, 0.4) is 0 Å². The normalized spacial score (nSPS) is 18.0. The first-order valence-corrected chi connectivity index (χ1v) is 18.5. The van der Waals surface area contributed by atoms with E-state index in [2.05, 4.69) is 15.1 Å². The molecule has 0 bridgehead atoms. The van der Waals surface area contributed by atoms with Crippen LogP contribution in [0.5, 0.6) is 5.75 Å². The molecule has 17 nitrogen and oxygen atoms in total. The molecule has 0 saturated carbocycles. The van der Waals surface area contributed by atoms with Crippen molar-refractivity contribution in [2.24, 2.45) is 5.16 Å². The number of Topliss-reactive ketones (excluding diaryl/α,β-unsaturated/α-hetero) is 1. The van der Waals surface area contributed by atoms with Gasteiger partial charge in [0, 0.05) is 84.7 Å². The average Bonchev–Trinajstić information content (AvgIpc) is 3.55. The highest BCUT2D eigenvalue weighted by Gasteiger charge is 2.43. The Balaban J connectivity index is 1.26. The van der Waals surface area contributed by atoms with E-state index in [1.807, 2.05) is 44.7 Å². The molecule has 1 aliphatic carbocycles. The number of anilines is 1. The van der Waals surface area contributed by atoms with Crippen molar-refractivity contribution in [1.82, 2.24) is 34.8 Å². The number of hydrogen-bond acceptors (Lipinski definition) is 14. The molecule has 1 atom stereocenters. The van der Waals surface area contributed by atoms with Crippen molar-refractivity contribution < 1.29 is 34.3 Å². The number of aliphatic hydroxyl groups is 1. The summed E-state index contributed by atoms with van der Waals surface area (Å²) in [5, 5.41) is 25.4. The molecule has 4 aromatic rings. The molecular formula is C39H45N9O8. The minimum atomic E-state index is -1.75. The molecule has 0 spiro atoms. The maximum Gasteiger partial charge on any atom is 0.415 e. The summed E-state index contributed by atoms with van der Waals surface area (Å²) in [5.41, 5.74) is 3.43. The summed E-state index contributed by atoms with van der Waals surface area (Å²) in [7, 11) is 3.81. The van der Waals surface area contributed by atoms with Crippen LogP contribution in [0, 0.1) is 0 Å². The standard InChI is InChI=1S/C39H45N9O8/c1-7-39(53)27-16-29-33-25(21-48(29)35(51)23(27)8-11-31(39)49)24(19-42-56-38(2,3)4)32-26(20-45(5)6)30(10-9-28(32)43-33)55-37(52)47-14-12-46(13-15-47)36-40-17-22(18-41-36)34(50)44-54/h9-10,16-19,53-54H,7-8,11-15,20-21H2,1-6H3,(H,44,50)/b42-19-/t39-/m0/s1. The van der Waals surface area contributed by atoms with E-state index in [0.717, 1.165) is 0 Å². The maximum atomic E-state index is 14.1. The number of ether oxygens (including phenoxy) is 1. The molecule has 294 valence electrons. The summed E-state index contributed by atoms with van der Waals surface area (Å²) in [5.74, 6) is -0.296. The summed E-state index contributed by atoms with van der Waals surface area (Å²) in [6.45, 7) is 9.40. The summed E-state index contributed by atoms with van der Waals surface area (Å²) in [6, 6.07) is 5.21. The van der Waals surface area contributed by atoms with E-state index in [9.17, 15) is 24.3 Å². The Kier molecular flexibility index (Phi) is 10.1. The number of benzene rings is 1. The van der Waals surface area contributed by atoms with Crippen LogP contribution in [0.4, 0.5) is 10.7 Å². The van der Waals surface area contributed by atoms with Crippen LogP contribution in [0.1, 0.15) is 78.7 Å². The van der Waals surface area contributed by atoms with Crippen molar-refractivity contribution in [1.29, 1.82) is 0 Å². The number of piperazine rings is 1. The van der Waals surface area contributed by atoms with Gasteiger partial charge in [-0.15, -0.1) is 0 Å². The molecule has 3 aromatic heterocycles. The quantitative estimate of drug-likeness (QED) is 0.118. The zero-order valence-corrected chi connectivity index (χ0v) is 32.2. The minimum absolute atomic E-state index is 0.0870. The number of carbonyl (C=O) groups is 3. The number of nitrogens with zero attached hydrogens (tertiary/aromatic N) is 8. The summed E-state index contributed by atoms with van der Waals surface area (Å²) < 4.78 is 7.78. The maximum absolute atomic E-state index is 14.1. The number of oxime groups is 1. The molecule has 0 unspecified atom stereocenters. The number of hydroxylamine groups is 1. The van der Waals surface area contributed by atoms with E-state index in [1.165, 1.54) is 12.4 Å². The molecule has 0 radical (unpaired) electrons. The third kappa shape index (κ3) is 6.97. The molecule has 3 aliphatic rings. The lowest BCUT2D eigenvalue weighted by Crippen LogP contribution is -2.50. The average molecular weight is 768 g/mol. The highest BCUT2D eigenvalue weighted by atomic mass is 16.6. The Morgan fingerprint density at radius 3 is 2.43 bits per heavy atom. The van der Waals surface area contributed by atoms with Gasteiger partial charge >= 0.3 is 6.09 Å². The van der Waals surface area contributed by atoms with Crippen molar-refractivity contribution in [3.63, 3.8) is 0 Å². The smallest absolute Gasteiger partial charge is 0.410 e. The Morgan fingerprint density at radius 1 is 1.07 bits per heavy atom. The number of amides is 2. The number of aromatic nitrogens is 4. The molecule has 56 heavy (non-hydrogen) atoms. The number of nitrogens with one attached hydrogen (secondary N) is 1. The molecular weight excluding hydrogens is 722 g/mol. The third-order valence-corrected chi connectivity index (χ3v) is 10.3. The van der Waals surface area contributed by atoms with Gasteiger partial charge in [0.1, 0.15) is 17.0 Å². The lowest BCUT2D eigenvalue weighted by molar-refractivity contribution is -0.140. The van der Waals surface area contributed by atoms with Crippen LogP contribution >= 0.6 is 0 Å². The molecule has 1 saturated heterocycles. The second kappa shape index (κ2) is 14.7. The van der Waals surface area contributed by atoms with Crippen LogP contribution in [-0.4, -0.2) is 110 Å². The first-order valence-electron chi connectivity index (χ1n) is 18.5. The topological polar surface area (TPSA) is 205 Å². The van der Waals surface area contributed by atoms with Gasteiger partial charge in [-0.3, -0.25) is 19.6 Å². The van der Waals surface area contributed by atoms with Gasteiger partial charge in [-0.05, 0) is 65.9 Å². The van der Waals surface area contributed by atoms with Crippen molar-refractivity contribution in [3.8, 4) is 17.1 Å². The van der Waals surface area contributed by atoms with Crippen molar-refractivity contribution in [2.45, 2.75) is 71.2 Å². The summed E-state index contributed by atoms with van der Waals surface area (Å²) >= 11 is 0. The molecule has 2 aliphatic heterocycles. The predicted molar refractivity (Wildman–Crippen MR) is 205 cm³/mol. The fourth-order valence-electron chi connectivity index (χ4n) is 7.51. The molecule has 2 amide bonds. The van der Waals surface area contributed by atoms with E-state index < -0.39 is 23.2 Å². The van der Waals surface area contributed by atoms with Crippen molar-refractivity contribution in [2.75, 3.05) is 45.2 Å². The zero-order chi connectivity index (χ0) is 40.1. The summed E-state index contributed by atoms with van der Waals surface area (Å²) in [4.78, 5) is 77.2. The highest BCUT2D eigenvalue weighted by molar-refractivity contribution is 6.05. The van der Waals surface area contributed by atoms with Crippen LogP contribution in [0.2, 0.25) is 0 Å². The van der Waals surface area contributed by atoms with E-state index in [-0.39, 0.29) is 42.7 Å². The van der Waals surface area contributed by atoms with Crippen LogP contribution in [0.15, 0.2) is 40.5 Å². The number of ketones is 1. The number of fused-ring (bicyclic) bond motifs is 5. The Bertz CT molecular complexity index is 2330. The Hall–Kier alpha value is -5.78. The Morgan fingerprint density at radius 2 is 1.79 bits per heavy atom. The van der Waals surface area contributed by atoms with Gasteiger partial charge in [-0.1, -0.05) is 12.1 Å². The van der Waals surface area contributed by atoms with Gasteiger partial charge in [-0.25, -0.2) is 25.2 Å². The van der Waals surface area contributed by atoms with Gasteiger partial charge in [0.2, 0.25) is 5.95 Å². The Labute approximate surface area is 322 Å². The lowest BCUT2D eigenvalue weighted by atomic mass is 9.77. The van der Waals surface area contributed by atoms with E-state index in [4.69, 9.17) is 19.8 Å². The molecule has 5 heterocycles. The first kappa shape index (κ1) is 38.5. The van der Waals surface area contributed by atoms with Gasteiger partial charge < -0.3 is 33.9 Å². The van der Waals surface area contributed by atoms with E-state index in [0.29, 0.717) is 94.5 Å². The molecule has 17 heteroatoms. The number of pyridine rings is 2. The van der Waals surface area contributed by atoms with E-state index in [1.54, 1.807) is 46.3 Å². The van der Waals surface area contributed by atoms with E-state index >= 15 is 0 Å². The monoisotopic (exact) mass is 767 g/mol. The number of rotatable bonds is 8. The molecule has 1 fully saturated rings.